The van der Waals surface area contributed by atoms with E-state index in [1.165, 1.54) is 0 Å². The van der Waals surface area contributed by atoms with E-state index in [2.05, 4.69) is 4.98 Å². The van der Waals surface area contributed by atoms with Gasteiger partial charge in [0.05, 0.1) is 11.8 Å². The Morgan fingerprint density at radius 2 is 1.44 bits per heavy atom. The number of anilines is 1. The van der Waals surface area contributed by atoms with E-state index in [9.17, 15) is 5.39 Å². The van der Waals surface area contributed by atoms with Crippen LogP contribution >= 0.6 is 11.6 Å². The number of halogens is 2. The molecule has 0 fully saturated rings. The van der Waals surface area contributed by atoms with Gasteiger partial charge in [0.1, 0.15) is 11.5 Å². The normalized spacial score (nSPS) is 9.70. The fraction of sp³-hybridized carbons (Fsp3) is 0.100. The topological polar surface area (TPSA) is 49.9 Å². The molecule has 0 aliphatic carbocycles. The number of hydrogen-bond acceptors (Lipinski definition) is 4. The third-order valence-corrected chi connectivity index (χ3v) is 3.89. The van der Waals surface area contributed by atoms with Crippen molar-refractivity contribution in [2.45, 2.75) is 0 Å². The highest BCUT2D eigenvalue weighted by atomic mass is 35.5. The number of diazo groups is 1. The molecule has 0 heterocycles. The average Bonchev–Trinajstić information content (AvgIpc) is 2.65. The van der Waals surface area contributed by atoms with Crippen molar-refractivity contribution < 1.29 is 21.9 Å². The monoisotopic (exact) mass is 401 g/mol. The summed E-state index contributed by atoms with van der Waals surface area (Å²) in [6, 6.07) is 19.7. The van der Waals surface area contributed by atoms with Crippen LogP contribution in [0.15, 0.2) is 66.7 Å². The van der Waals surface area contributed by atoms with E-state index in [1.54, 1.807) is 36.4 Å². The standard InChI is InChI=1S/C20H17ClN3O2.ClH/c1-24(2)18-13-19(25-15-6-4-3-5-7-15)17(23-22)12-20(18)26-16-10-8-14(21)9-11-16;/h3-13H,1-2H3;1H/q+1;/p-1. The van der Waals surface area contributed by atoms with Crippen LogP contribution in [0.25, 0.3) is 4.98 Å². The van der Waals surface area contributed by atoms with E-state index >= 15 is 0 Å². The summed E-state index contributed by atoms with van der Waals surface area (Å²) in [4.78, 5) is 5.23. The Morgan fingerprint density at radius 1 is 0.852 bits per heavy atom. The van der Waals surface area contributed by atoms with Crippen molar-refractivity contribution in [2.75, 3.05) is 19.0 Å². The minimum Gasteiger partial charge on any atom is -1.00 e. The van der Waals surface area contributed by atoms with Crippen molar-refractivity contribution in [1.82, 2.24) is 0 Å². The zero-order chi connectivity index (χ0) is 18.5. The van der Waals surface area contributed by atoms with Crippen molar-refractivity contribution >= 4 is 23.0 Å². The number of hydrogen-bond donors (Lipinski definition) is 0. The lowest BCUT2D eigenvalue weighted by Gasteiger charge is -2.18. The molecule has 0 amide bonds. The van der Waals surface area contributed by atoms with Crippen LogP contribution in [0.3, 0.4) is 0 Å². The third-order valence-electron chi connectivity index (χ3n) is 3.64. The number of benzene rings is 3. The van der Waals surface area contributed by atoms with Gasteiger partial charge in [-0.1, -0.05) is 29.8 Å². The Labute approximate surface area is 169 Å². The first-order chi connectivity index (χ1) is 12.6. The zero-order valence-corrected chi connectivity index (χ0v) is 16.3. The minimum absolute atomic E-state index is 0. The Hall–Kier alpha value is -2.94. The number of nitrogens with zero attached hydrogens (tertiary/aromatic N) is 3. The molecule has 0 aliphatic rings. The second kappa shape index (κ2) is 9.13. The van der Waals surface area contributed by atoms with E-state index in [0.29, 0.717) is 28.0 Å². The Kier molecular flexibility index (Phi) is 6.89. The molecule has 27 heavy (non-hydrogen) atoms. The largest absolute Gasteiger partial charge is 1.00 e. The van der Waals surface area contributed by atoms with E-state index in [1.807, 2.05) is 49.3 Å². The molecular formula is C20H17Cl2N3O2. The lowest BCUT2D eigenvalue weighted by molar-refractivity contribution is -0.00000633. The van der Waals surface area contributed by atoms with Crippen LogP contribution in [-0.4, -0.2) is 14.1 Å². The SMILES string of the molecule is CN(C)c1cc(Oc2ccccc2)c([N+]#N)cc1Oc1ccc(Cl)cc1.[Cl-]. The maximum Gasteiger partial charge on any atom is 0.430 e. The highest BCUT2D eigenvalue weighted by molar-refractivity contribution is 6.30. The molecule has 3 aromatic carbocycles. The van der Waals surface area contributed by atoms with E-state index in [4.69, 9.17) is 21.1 Å². The van der Waals surface area contributed by atoms with Gasteiger partial charge >= 0.3 is 5.69 Å². The Morgan fingerprint density at radius 3 is 2.04 bits per heavy atom. The van der Waals surface area contributed by atoms with Crippen LogP contribution in [0.4, 0.5) is 11.4 Å². The van der Waals surface area contributed by atoms with Gasteiger partial charge in [-0.15, -0.1) is 0 Å². The molecule has 0 aliphatic heterocycles. The van der Waals surface area contributed by atoms with Gasteiger partial charge in [-0.2, -0.15) is 0 Å². The lowest BCUT2D eigenvalue weighted by atomic mass is 10.2. The molecule has 0 saturated carbocycles. The van der Waals surface area contributed by atoms with Crippen LogP contribution in [0.1, 0.15) is 0 Å². The van der Waals surface area contributed by atoms with Gasteiger partial charge in [0, 0.05) is 25.2 Å². The van der Waals surface area contributed by atoms with Crippen LogP contribution in [0.5, 0.6) is 23.0 Å². The molecule has 138 valence electrons. The maximum atomic E-state index is 9.41. The summed E-state index contributed by atoms with van der Waals surface area (Å²) >= 11 is 5.91. The number of para-hydroxylation sites is 1. The first-order valence-electron chi connectivity index (χ1n) is 7.93. The van der Waals surface area contributed by atoms with Gasteiger partial charge in [-0.3, -0.25) is 0 Å². The molecule has 0 saturated heterocycles. The number of ether oxygens (including phenoxy) is 2. The zero-order valence-electron chi connectivity index (χ0n) is 14.8. The lowest BCUT2D eigenvalue weighted by Crippen LogP contribution is -3.00. The Balaban J connectivity index is 0.00000261. The second-order valence-electron chi connectivity index (χ2n) is 5.75. The van der Waals surface area contributed by atoms with Gasteiger partial charge in [0.2, 0.25) is 11.1 Å². The molecule has 5 nitrogen and oxygen atoms in total. The van der Waals surface area contributed by atoms with Crippen LogP contribution in [0.2, 0.25) is 5.02 Å². The van der Waals surface area contributed by atoms with Gasteiger partial charge in [0.15, 0.2) is 10.7 Å². The fourth-order valence-corrected chi connectivity index (χ4v) is 2.50. The predicted octanol–water partition coefficient (Wildman–Crippen LogP) is 3.48. The molecule has 3 rings (SSSR count). The van der Waals surface area contributed by atoms with Gasteiger partial charge in [-0.25, -0.2) is 0 Å². The molecule has 0 aromatic heterocycles. The molecule has 0 atom stereocenters. The molecular weight excluding hydrogens is 385 g/mol. The first kappa shape index (κ1) is 20.4. The quantitative estimate of drug-likeness (QED) is 0.614. The number of rotatable bonds is 5. The molecule has 0 unspecified atom stereocenters. The summed E-state index contributed by atoms with van der Waals surface area (Å²) in [5, 5.41) is 10.0. The van der Waals surface area contributed by atoms with E-state index in [0.717, 1.165) is 5.69 Å². The average molecular weight is 402 g/mol. The van der Waals surface area contributed by atoms with Crippen molar-refractivity contribution in [2.24, 2.45) is 0 Å². The summed E-state index contributed by atoms with van der Waals surface area (Å²) in [5.41, 5.74) is 1.04. The molecule has 0 N–H and O–H groups in total. The van der Waals surface area contributed by atoms with Gasteiger partial charge < -0.3 is 26.8 Å². The summed E-state index contributed by atoms with van der Waals surface area (Å²) < 4.78 is 11.8. The van der Waals surface area contributed by atoms with Crippen LogP contribution in [0, 0.1) is 5.39 Å². The van der Waals surface area contributed by atoms with Crippen molar-refractivity contribution in [1.29, 1.82) is 5.39 Å². The van der Waals surface area contributed by atoms with E-state index < -0.39 is 0 Å². The summed E-state index contributed by atoms with van der Waals surface area (Å²) in [5.74, 6) is 2.22. The summed E-state index contributed by atoms with van der Waals surface area (Å²) in [6.45, 7) is 0. The van der Waals surface area contributed by atoms with Gasteiger partial charge in [0.25, 0.3) is 0 Å². The van der Waals surface area contributed by atoms with Crippen molar-refractivity contribution in [3.8, 4) is 23.0 Å². The molecule has 0 radical (unpaired) electrons. The van der Waals surface area contributed by atoms with Crippen molar-refractivity contribution in [3.63, 3.8) is 0 Å². The smallest absolute Gasteiger partial charge is 0.430 e. The molecule has 0 spiro atoms. The highest BCUT2D eigenvalue weighted by Crippen LogP contribution is 2.43. The molecule has 7 heteroatoms. The summed E-state index contributed by atoms with van der Waals surface area (Å²) in [6.07, 6.45) is 0. The Bertz CT molecular complexity index is 940. The maximum absolute atomic E-state index is 9.41. The first-order valence-corrected chi connectivity index (χ1v) is 8.31. The third kappa shape index (κ3) is 5.04. The highest BCUT2D eigenvalue weighted by Gasteiger charge is 2.23. The van der Waals surface area contributed by atoms with Crippen LogP contribution < -0.4 is 26.8 Å². The fourth-order valence-electron chi connectivity index (χ4n) is 2.37. The second-order valence-corrected chi connectivity index (χ2v) is 6.19. The van der Waals surface area contributed by atoms with Crippen LogP contribution in [-0.2, 0) is 0 Å². The molecule has 3 aromatic rings. The van der Waals surface area contributed by atoms with E-state index in [-0.39, 0.29) is 18.1 Å². The van der Waals surface area contributed by atoms with Crippen molar-refractivity contribution in [3.05, 3.63) is 76.7 Å². The molecule has 0 bridgehead atoms. The minimum atomic E-state index is 0. The van der Waals surface area contributed by atoms with Gasteiger partial charge in [-0.05, 0) is 36.4 Å². The predicted molar refractivity (Wildman–Crippen MR) is 104 cm³/mol. The summed E-state index contributed by atoms with van der Waals surface area (Å²) in [7, 11) is 3.79.